The molecule has 15 nitrogen and oxygen atoms in total. The molecule has 3 fully saturated rings. The first-order valence-electron chi connectivity index (χ1n) is 25.2. The third kappa shape index (κ3) is 14.1. The van der Waals surface area contributed by atoms with Gasteiger partial charge in [-0.2, -0.15) is 0 Å². The van der Waals surface area contributed by atoms with E-state index in [4.69, 9.17) is 28.2 Å². The second-order valence-electron chi connectivity index (χ2n) is 20.7. The van der Waals surface area contributed by atoms with Crippen LogP contribution in [0.1, 0.15) is 138 Å². The first-order valence-corrected chi connectivity index (χ1v) is 27.7. The molecule has 13 atom stereocenters. The van der Waals surface area contributed by atoms with Gasteiger partial charge in [0.1, 0.15) is 41.3 Å². The molecule has 4 rings (SSSR count). The predicted octanol–water partition coefficient (Wildman–Crippen LogP) is 8.03. The molecule has 1 saturated carbocycles. The summed E-state index contributed by atoms with van der Waals surface area (Å²) in [6.07, 6.45) is 11.4. The number of rotatable bonds is 8. The number of piperidine rings is 1. The fourth-order valence-corrected chi connectivity index (χ4v) is 12.2. The van der Waals surface area contributed by atoms with Gasteiger partial charge in [-0.05, 0) is 88.7 Å². The van der Waals surface area contributed by atoms with Crippen molar-refractivity contribution in [1.82, 2.24) is 4.90 Å². The molecule has 1 amide bonds. The Morgan fingerprint density at radius 1 is 0.870 bits per heavy atom. The van der Waals surface area contributed by atoms with Gasteiger partial charge in [-0.25, -0.2) is 4.79 Å². The maximum atomic E-state index is 14.9. The summed E-state index contributed by atoms with van der Waals surface area (Å²) in [5.41, 5.74) is -1.55. The summed E-state index contributed by atoms with van der Waals surface area (Å²) in [7, 11) is 1.04. The Morgan fingerprint density at radius 2 is 1.57 bits per heavy atom. The molecule has 0 spiro atoms. The zero-order chi connectivity index (χ0) is 51.5. The number of ether oxygens (including phenoxy) is 5. The summed E-state index contributed by atoms with van der Waals surface area (Å²) in [5.74, 6) is -8.45. The van der Waals surface area contributed by atoms with E-state index in [0.717, 1.165) is 16.9 Å². The lowest BCUT2D eigenvalue weighted by Gasteiger charge is -2.55. The van der Waals surface area contributed by atoms with Crippen LogP contribution in [-0.4, -0.2) is 139 Å². The molecule has 2 N–H and O–H groups in total. The number of carbonyl (C=O) groups is 5. The molecule has 0 aromatic rings. The Morgan fingerprint density at radius 3 is 2.20 bits per heavy atom. The number of cyclic esters (lactones) is 1. The minimum Gasteiger partial charge on any atom is -0.457 e. The van der Waals surface area contributed by atoms with Crippen molar-refractivity contribution in [3.63, 3.8) is 0 Å². The zero-order valence-electron chi connectivity index (χ0n) is 43.5. The number of aliphatic hydroxyl groups excluding tert-OH is 1. The molecule has 0 radical (unpaired) electrons. The number of amides is 1. The first kappa shape index (κ1) is 58.4. The van der Waals surface area contributed by atoms with E-state index in [0.29, 0.717) is 69.8 Å². The van der Waals surface area contributed by atoms with Gasteiger partial charge in [0.25, 0.3) is 11.7 Å². The summed E-state index contributed by atoms with van der Waals surface area (Å²) < 4.78 is 51.2. The van der Waals surface area contributed by atoms with Gasteiger partial charge in [0.15, 0.2) is 13.2 Å². The van der Waals surface area contributed by atoms with Crippen molar-refractivity contribution < 1.29 is 67.0 Å². The Labute approximate surface area is 411 Å². The van der Waals surface area contributed by atoms with Gasteiger partial charge >= 0.3 is 5.97 Å². The van der Waals surface area contributed by atoms with Crippen molar-refractivity contribution in [2.75, 3.05) is 41.2 Å². The van der Waals surface area contributed by atoms with Crippen molar-refractivity contribution in [2.45, 2.75) is 192 Å². The largest absolute Gasteiger partial charge is 0.457 e. The van der Waals surface area contributed by atoms with Crippen LogP contribution >= 0.6 is 7.37 Å². The van der Waals surface area contributed by atoms with Crippen molar-refractivity contribution in [3.8, 4) is 0 Å². The van der Waals surface area contributed by atoms with Crippen LogP contribution in [0.5, 0.6) is 0 Å². The zero-order valence-corrected chi connectivity index (χ0v) is 44.4. The normalized spacial score (nSPS) is 39.6. The molecule has 3 heterocycles. The highest BCUT2D eigenvalue weighted by atomic mass is 31.2. The van der Waals surface area contributed by atoms with Crippen LogP contribution in [0.25, 0.3) is 0 Å². The van der Waals surface area contributed by atoms with E-state index in [1.54, 1.807) is 40.9 Å². The summed E-state index contributed by atoms with van der Waals surface area (Å²) in [4.78, 5) is 73.4. The second-order valence-corrected chi connectivity index (χ2v) is 23.4. The van der Waals surface area contributed by atoms with Crippen molar-refractivity contribution in [2.24, 2.45) is 23.7 Å². The van der Waals surface area contributed by atoms with Crippen LogP contribution in [-0.2, 0) is 56.7 Å². The van der Waals surface area contributed by atoms with Crippen molar-refractivity contribution in [1.29, 1.82) is 0 Å². The summed E-state index contributed by atoms with van der Waals surface area (Å²) in [6, 6.07) is -1.28. The highest BCUT2D eigenvalue weighted by Crippen LogP contribution is 2.56. The Kier molecular flexibility index (Phi) is 21.6. The van der Waals surface area contributed by atoms with Crippen molar-refractivity contribution >= 4 is 36.6 Å². The minimum absolute atomic E-state index is 0.00715. The number of esters is 1. The quantitative estimate of drug-likeness (QED) is 0.102. The van der Waals surface area contributed by atoms with E-state index < -0.39 is 109 Å². The lowest BCUT2D eigenvalue weighted by atomic mass is 9.65. The van der Waals surface area contributed by atoms with Crippen LogP contribution < -0.4 is 0 Å². The lowest BCUT2D eigenvalue weighted by Crippen LogP contribution is -2.66. The number of hydrogen-bond acceptors (Lipinski definition) is 14. The number of allylic oxidation sites excluding steroid dienone is 6. The molecule has 4 aliphatic rings. The molecule has 2 saturated heterocycles. The highest BCUT2D eigenvalue weighted by Gasteiger charge is 2.62. The number of methoxy groups -OCH3 is 3. The predicted molar refractivity (Wildman–Crippen MR) is 264 cm³/mol. The van der Waals surface area contributed by atoms with Crippen LogP contribution in [0.15, 0.2) is 47.6 Å². The SMILES string of the molecule is CCCC1(OC)CCCCC1(OP(C)(C)=O)[C@@H]1CC(=O)[C@H](C)/C=C(\C)[C@@H](O)[C@@H](OC)C(=O)[C@H](C)C[C@H](C)/C=C/C=C/C=C(/C)[C@@H](OC)C[C@@H]2CC[C@@H](C)[C@@](O)(O2)C(=O)C(=O)N2CCCC[C@H]2C(=O)O1. The number of hydrogen-bond donors (Lipinski definition) is 2. The van der Waals surface area contributed by atoms with E-state index in [1.165, 1.54) is 27.5 Å². The van der Waals surface area contributed by atoms with E-state index in [9.17, 15) is 38.8 Å². The third-order valence-electron chi connectivity index (χ3n) is 15.0. The minimum atomic E-state index is -3.43. The van der Waals surface area contributed by atoms with Crippen molar-refractivity contribution in [3.05, 3.63) is 47.6 Å². The van der Waals surface area contributed by atoms with E-state index in [2.05, 4.69) is 0 Å². The molecule has 0 aromatic carbocycles. The molecule has 3 aliphatic heterocycles. The fourth-order valence-electron chi connectivity index (χ4n) is 11.1. The lowest BCUT2D eigenvalue weighted by molar-refractivity contribution is -0.265. The van der Waals surface area contributed by atoms with Gasteiger partial charge in [0, 0.05) is 71.8 Å². The molecular weight excluding hydrogens is 906 g/mol. The molecule has 390 valence electrons. The number of nitrogens with zero attached hydrogens (tertiary/aromatic N) is 1. The van der Waals surface area contributed by atoms with Gasteiger partial charge in [0.2, 0.25) is 5.79 Å². The number of fused-ring (bicyclic) bond motifs is 3. The average Bonchev–Trinajstić information content (AvgIpc) is 3.30. The monoisotopic (exact) mass is 990 g/mol. The van der Waals surface area contributed by atoms with Gasteiger partial charge in [-0.15, -0.1) is 0 Å². The molecule has 0 aromatic heterocycles. The second kappa shape index (κ2) is 25.5. The van der Waals surface area contributed by atoms with Gasteiger partial charge in [-0.3, -0.25) is 23.7 Å². The Balaban J connectivity index is 1.86. The maximum absolute atomic E-state index is 14.9. The van der Waals surface area contributed by atoms with Gasteiger partial charge in [0.05, 0.1) is 12.2 Å². The van der Waals surface area contributed by atoms with E-state index >= 15 is 0 Å². The van der Waals surface area contributed by atoms with Gasteiger partial charge < -0.3 is 43.3 Å². The third-order valence-corrected chi connectivity index (χ3v) is 15.8. The average molecular weight is 990 g/mol. The Bertz CT molecular complexity index is 1970. The van der Waals surface area contributed by atoms with Crippen LogP contribution in [0.4, 0.5) is 0 Å². The molecule has 16 heteroatoms. The molecule has 1 aliphatic carbocycles. The standard InChI is InChI=1S/C53H84NO14P/c1-13-26-51(65-10)27-18-19-28-52(51,68-69(11,12)62)44-33-42(55)36(4)31-38(6)46(57)47(64-9)45(56)37(5)30-34(2)21-15-14-16-22-35(3)43(63-8)32-40-25-24-39(7)53(61,67-40)48(58)49(59)54-29-20-17-23-41(54)50(60)66-44/h14-16,21-22,31,34,36-37,39-41,43-44,46-47,57,61H,13,17-20,23-30,32-33H2,1-12H3/b16-14+,21-15+,35-22-,38-31+/t34-,36-,37-,39-,40+,41+,43+,44+,46-,47+,51?,52?,53-/m1/s1. The number of ketones is 3. The topological polar surface area (TPSA) is 201 Å². The molecule has 69 heavy (non-hydrogen) atoms. The summed E-state index contributed by atoms with van der Waals surface area (Å²) >= 11 is 0. The fraction of sp³-hybridized carbons (Fsp3) is 0.755. The number of aliphatic hydroxyl groups is 2. The molecule has 2 unspecified atom stereocenters. The summed E-state index contributed by atoms with van der Waals surface area (Å²) in [5, 5.41) is 23.7. The highest BCUT2D eigenvalue weighted by molar-refractivity contribution is 7.57. The number of Topliss-reactive ketones (excluding diaryl/α,β-unsaturated/α-hetero) is 3. The van der Waals surface area contributed by atoms with Crippen LogP contribution in [0.3, 0.4) is 0 Å². The van der Waals surface area contributed by atoms with Gasteiger partial charge in [-0.1, -0.05) is 90.3 Å². The molecule has 2 bridgehead atoms. The first-order chi connectivity index (χ1) is 32.4. The maximum Gasteiger partial charge on any atom is 0.329 e. The van der Waals surface area contributed by atoms with Crippen LogP contribution in [0.2, 0.25) is 0 Å². The summed E-state index contributed by atoms with van der Waals surface area (Å²) in [6.45, 7) is 15.6. The van der Waals surface area contributed by atoms with Crippen LogP contribution in [0, 0.1) is 23.7 Å². The Hall–Kier alpha value is -3.14. The van der Waals surface area contributed by atoms with E-state index in [-0.39, 0.29) is 31.1 Å². The smallest absolute Gasteiger partial charge is 0.329 e. The number of carbonyl (C=O) groups excluding carboxylic acids is 5. The van der Waals surface area contributed by atoms with E-state index in [1.807, 2.05) is 51.2 Å². The molecular formula is C53H84NO14P.